The van der Waals surface area contributed by atoms with Crippen LogP contribution < -0.4 is 0 Å². The minimum absolute atomic E-state index is 0.0484. The molecule has 1 aliphatic heterocycles. The Kier molecular flexibility index (Phi) is 3.49. The summed E-state index contributed by atoms with van der Waals surface area (Å²) < 4.78 is 0. The molecule has 0 saturated carbocycles. The van der Waals surface area contributed by atoms with Crippen LogP contribution in [0.5, 0.6) is 0 Å². The first-order valence-electron chi connectivity index (χ1n) is 5.00. The van der Waals surface area contributed by atoms with Gasteiger partial charge >= 0.3 is 5.97 Å². The van der Waals surface area contributed by atoms with Gasteiger partial charge in [-0.05, 0) is 18.8 Å². The molecule has 1 fully saturated rings. The molecule has 0 aliphatic carbocycles. The quantitative estimate of drug-likeness (QED) is 0.720. The lowest BCUT2D eigenvalue weighted by atomic mass is 9.86. The van der Waals surface area contributed by atoms with Gasteiger partial charge < -0.3 is 10.0 Å². The fourth-order valence-electron chi connectivity index (χ4n) is 1.91. The third kappa shape index (κ3) is 2.47. The summed E-state index contributed by atoms with van der Waals surface area (Å²) in [6, 6.07) is 0. The molecule has 0 aromatic heterocycles. The lowest BCUT2D eigenvalue weighted by Gasteiger charge is -2.33. The molecule has 4 nitrogen and oxygen atoms in total. The van der Waals surface area contributed by atoms with Gasteiger partial charge in [0.2, 0.25) is 5.91 Å². The van der Waals surface area contributed by atoms with E-state index in [4.69, 9.17) is 5.11 Å². The van der Waals surface area contributed by atoms with Crippen LogP contribution in [0.4, 0.5) is 0 Å². The molecule has 4 heteroatoms. The predicted molar refractivity (Wildman–Crippen MR) is 51.8 cm³/mol. The number of carboxylic acids is 1. The fourth-order valence-corrected chi connectivity index (χ4v) is 1.91. The molecular weight excluding hydrogens is 182 g/mol. The van der Waals surface area contributed by atoms with E-state index in [0.29, 0.717) is 6.54 Å². The molecular formula is C10H17NO3. The van der Waals surface area contributed by atoms with E-state index >= 15 is 0 Å². The average Bonchev–Trinajstić information content (AvgIpc) is 2.16. The predicted octanol–water partition coefficient (Wildman–Crippen LogP) is 0.966. The Morgan fingerprint density at radius 1 is 1.50 bits per heavy atom. The number of aliphatic carboxylic acids is 1. The Bertz CT molecular complexity index is 228. The molecule has 80 valence electrons. The molecule has 0 radical (unpaired) electrons. The molecule has 1 aliphatic rings. The van der Waals surface area contributed by atoms with Gasteiger partial charge in [0.05, 0.1) is 5.92 Å². The number of amides is 1. The largest absolute Gasteiger partial charge is 0.481 e. The summed E-state index contributed by atoms with van der Waals surface area (Å²) in [5.74, 6) is -0.949. The van der Waals surface area contributed by atoms with Crippen LogP contribution in [0.1, 0.15) is 26.7 Å². The van der Waals surface area contributed by atoms with Crippen molar-refractivity contribution in [3.63, 3.8) is 0 Å². The summed E-state index contributed by atoms with van der Waals surface area (Å²) >= 11 is 0. The maximum atomic E-state index is 11.1. The molecule has 1 saturated heterocycles. The van der Waals surface area contributed by atoms with Crippen LogP contribution in [0.2, 0.25) is 0 Å². The molecule has 1 amide bonds. The Labute approximate surface area is 83.9 Å². The zero-order chi connectivity index (χ0) is 10.7. The summed E-state index contributed by atoms with van der Waals surface area (Å²) in [5, 5.41) is 8.86. The highest BCUT2D eigenvalue weighted by molar-refractivity contribution is 5.74. The van der Waals surface area contributed by atoms with Crippen molar-refractivity contribution in [2.24, 2.45) is 11.8 Å². The third-order valence-corrected chi connectivity index (χ3v) is 3.00. The lowest BCUT2D eigenvalue weighted by Crippen LogP contribution is -2.41. The molecule has 14 heavy (non-hydrogen) atoms. The smallest absolute Gasteiger partial charge is 0.306 e. The van der Waals surface area contributed by atoms with Gasteiger partial charge in [0, 0.05) is 20.0 Å². The van der Waals surface area contributed by atoms with E-state index in [1.165, 1.54) is 6.92 Å². The average molecular weight is 199 g/mol. The van der Waals surface area contributed by atoms with Crippen molar-refractivity contribution in [3.8, 4) is 0 Å². The third-order valence-electron chi connectivity index (χ3n) is 3.00. The van der Waals surface area contributed by atoms with Crippen molar-refractivity contribution in [2.45, 2.75) is 26.7 Å². The van der Waals surface area contributed by atoms with Crippen LogP contribution >= 0.6 is 0 Å². The van der Waals surface area contributed by atoms with Gasteiger partial charge in [-0.1, -0.05) is 6.92 Å². The maximum Gasteiger partial charge on any atom is 0.306 e. The van der Waals surface area contributed by atoms with Crippen LogP contribution in [0.3, 0.4) is 0 Å². The van der Waals surface area contributed by atoms with Crippen molar-refractivity contribution in [3.05, 3.63) is 0 Å². The number of nitrogens with zero attached hydrogens (tertiary/aromatic N) is 1. The topological polar surface area (TPSA) is 57.6 Å². The van der Waals surface area contributed by atoms with E-state index in [0.717, 1.165) is 19.4 Å². The number of likely N-dealkylation sites (tertiary alicyclic amines) is 1. The first-order chi connectivity index (χ1) is 6.52. The first kappa shape index (κ1) is 11.0. The highest BCUT2D eigenvalue weighted by Crippen LogP contribution is 2.23. The van der Waals surface area contributed by atoms with Crippen LogP contribution in [0.25, 0.3) is 0 Å². The zero-order valence-electron chi connectivity index (χ0n) is 8.69. The highest BCUT2D eigenvalue weighted by Gasteiger charge is 2.29. The number of carbonyl (C=O) groups is 2. The second-order valence-corrected chi connectivity index (χ2v) is 3.99. The summed E-state index contributed by atoms with van der Waals surface area (Å²) in [4.78, 5) is 23.6. The van der Waals surface area contributed by atoms with Crippen molar-refractivity contribution >= 4 is 11.9 Å². The first-order valence-corrected chi connectivity index (χ1v) is 5.00. The van der Waals surface area contributed by atoms with Crippen LogP contribution in [0, 0.1) is 11.8 Å². The van der Waals surface area contributed by atoms with Crippen molar-refractivity contribution in [2.75, 3.05) is 13.1 Å². The Morgan fingerprint density at radius 3 is 2.64 bits per heavy atom. The van der Waals surface area contributed by atoms with E-state index < -0.39 is 5.97 Å². The number of piperidine rings is 1. The van der Waals surface area contributed by atoms with Crippen LogP contribution in [-0.4, -0.2) is 35.0 Å². The SMILES string of the molecule is CC(=O)N1CCCC(C(C)C(=O)O)C1. The molecule has 2 unspecified atom stereocenters. The van der Waals surface area contributed by atoms with Crippen molar-refractivity contribution in [1.29, 1.82) is 0 Å². The summed E-state index contributed by atoms with van der Waals surface area (Å²) in [7, 11) is 0. The minimum Gasteiger partial charge on any atom is -0.481 e. The van der Waals surface area contributed by atoms with Gasteiger partial charge in [0.1, 0.15) is 0 Å². The van der Waals surface area contributed by atoms with Crippen molar-refractivity contribution in [1.82, 2.24) is 4.90 Å². The molecule has 0 bridgehead atoms. The summed E-state index contributed by atoms with van der Waals surface area (Å²) in [5.41, 5.74) is 0. The molecule has 2 atom stereocenters. The van der Waals surface area contributed by atoms with Gasteiger partial charge in [-0.3, -0.25) is 9.59 Å². The van der Waals surface area contributed by atoms with E-state index in [-0.39, 0.29) is 17.7 Å². The number of carbonyl (C=O) groups excluding carboxylic acids is 1. The molecule has 0 spiro atoms. The highest BCUT2D eigenvalue weighted by atomic mass is 16.4. The van der Waals surface area contributed by atoms with Crippen molar-refractivity contribution < 1.29 is 14.7 Å². The Morgan fingerprint density at radius 2 is 2.14 bits per heavy atom. The number of hydrogen-bond acceptors (Lipinski definition) is 2. The van der Waals surface area contributed by atoms with Crippen LogP contribution in [-0.2, 0) is 9.59 Å². The summed E-state index contributed by atoms with van der Waals surface area (Å²) in [6.45, 7) is 4.63. The molecule has 1 heterocycles. The zero-order valence-corrected chi connectivity index (χ0v) is 8.69. The second-order valence-electron chi connectivity index (χ2n) is 3.99. The fraction of sp³-hybridized carbons (Fsp3) is 0.800. The monoisotopic (exact) mass is 199 g/mol. The van der Waals surface area contributed by atoms with Gasteiger partial charge in [-0.15, -0.1) is 0 Å². The van der Waals surface area contributed by atoms with E-state index in [9.17, 15) is 9.59 Å². The summed E-state index contributed by atoms with van der Waals surface area (Å²) in [6.07, 6.45) is 1.83. The minimum atomic E-state index is -0.764. The second kappa shape index (κ2) is 4.44. The number of carboxylic acid groups (broad SMARTS) is 1. The Hall–Kier alpha value is -1.06. The number of hydrogen-bond donors (Lipinski definition) is 1. The van der Waals surface area contributed by atoms with Gasteiger partial charge in [-0.2, -0.15) is 0 Å². The molecule has 0 aromatic rings. The van der Waals surface area contributed by atoms with Gasteiger partial charge in [0.15, 0.2) is 0 Å². The molecule has 1 rings (SSSR count). The maximum absolute atomic E-state index is 11.1. The molecule has 1 N–H and O–H groups in total. The van der Waals surface area contributed by atoms with E-state index in [1.807, 2.05) is 0 Å². The van der Waals surface area contributed by atoms with Gasteiger partial charge in [-0.25, -0.2) is 0 Å². The lowest BCUT2D eigenvalue weighted by molar-refractivity contribution is -0.145. The standard InChI is InChI=1S/C10H17NO3/c1-7(10(13)14)9-4-3-5-11(6-9)8(2)12/h7,9H,3-6H2,1-2H3,(H,13,14). The molecule has 0 aromatic carbocycles. The van der Waals surface area contributed by atoms with Gasteiger partial charge in [0.25, 0.3) is 0 Å². The van der Waals surface area contributed by atoms with E-state index in [2.05, 4.69) is 0 Å². The van der Waals surface area contributed by atoms with E-state index in [1.54, 1.807) is 11.8 Å². The number of rotatable bonds is 2. The Balaban J connectivity index is 2.55. The van der Waals surface area contributed by atoms with Crippen LogP contribution in [0.15, 0.2) is 0 Å². The normalized spacial score (nSPS) is 24.4.